The van der Waals surface area contributed by atoms with Crippen molar-refractivity contribution in [2.75, 3.05) is 0 Å². The highest BCUT2D eigenvalue weighted by molar-refractivity contribution is 5.96. The highest BCUT2D eigenvalue weighted by Gasteiger charge is 2.24. The molecule has 0 aromatic carbocycles. The Balaban J connectivity index is 2.19. The number of carbonyl (C=O) groups excluding carboxylic acids is 1. The smallest absolute Gasteiger partial charge is 0.158 e. The summed E-state index contributed by atoms with van der Waals surface area (Å²) >= 11 is 0. The number of carbonyl (C=O) groups is 1. The van der Waals surface area contributed by atoms with Gasteiger partial charge in [-0.05, 0) is 43.6 Å². The zero-order chi connectivity index (χ0) is 9.10. The van der Waals surface area contributed by atoms with Gasteiger partial charge in [-0.25, -0.2) is 0 Å². The van der Waals surface area contributed by atoms with Gasteiger partial charge in [-0.3, -0.25) is 4.79 Å². The van der Waals surface area contributed by atoms with Gasteiger partial charge >= 0.3 is 0 Å². The maximum atomic E-state index is 11.7. The molecule has 72 valence electrons. The predicted octanol–water partition coefficient (Wildman–Crippen LogP) is 3.25. The fourth-order valence-electron chi connectivity index (χ4n) is 2.58. The molecule has 0 radical (unpaired) electrons. The lowest BCUT2D eigenvalue weighted by Crippen LogP contribution is -2.09. The van der Waals surface area contributed by atoms with Crippen LogP contribution in [0.3, 0.4) is 0 Å². The maximum absolute atomic E-state index is 11.7. The molecule has 2 rings (SSSR count). The maximum Gasteiger partial charge on any atom is 0.158 e. The molecule has 1 heteroatoms. The molecular formula is C12H18O. The standard InChI is InChI=1S/C12H18O/c13-12-9-5-4-7-10-6-2-1-3-8-11(10)12/h8,10H,1-7,9H2. The summed E-state index contributed by atoms with van der Waals surface area (Å²) in [4.78, 5) is 11.7. The van der Waals surface area contributed by atoms with Crippen molar-refractivity contribution in [3.05, 3.63) is 11.6 Å². The first-order valence-corrected chi connectivity index (χ1v) is 5.61. The van der Waals surface area contributed by atoms with Gasteiger partial charge < -0.3 is 0 Å². The third-order valence-corrected chi connectivity index (χ3v) is 3.34. The quantitative estimate of drug-likeness (QED) is 0.556. The Labute approximate surface area is 80.2 Å². The van der Waals surface area contributed by atoms with Crippen LogP contribution in [0, 0.1) is 5.92 Å². The van der Waals surface area contributed by atoms with Gasteiger partial charge in [0.1, 0.15) is 0 Å². The Morgan fingerprint density at radius 2 is 1.85 bits per heavy atom. The molecule has 1 nitrogen and oxygen atoms in total. The van der Waals surface area contributed by atoms with Gasteiger partial charge in [0.25, 0.3) is 0 Å². The van der Waals surface area contributed by atoms with E-state index in [4.69, 9.17) is 0 Å². The summed E-state index contributed by atoms with van der Waals surface area (Å²) in [5, 5.41) is 0. The fourth-order valence-corrected chi connectivity index (χ4v) is 2.58. The first-order chi connectivity index (χ1) is 6.38. The van der Waals surface area contributed by atoms with Gasteiger partial charge in [0, 0.05) is 6.42 Å². The Hall–Kier alpha value is -0.590. The van der Waals surface area contributed by atoms with Gasteiger partial charge in [0.2, 0.25) is 0 Å². The van der Waals surface area contributed by atoms with E-state index in [2.05, 4.69) is 6.08 Å². The Morgan fingerprint density at radius 3 is 2.69 bits per heavy atom. The van der Waals surface area contributed by atoms with Crippen molar-refractivity contribution in [2.45, 2.75) is 51.4 Å². The van der Waals surface area contributed by atoms with Crippen LogP contribution >= 0.6 is 0 Å². The Bertz CT molecular complexity index is 227. The third-order valence-electron chi connectivity index (χ3n) is 3.34. The second kappa shape index (κ2) is 4.08. The summed E-state index contributed by atoms with van der Waals surface area (Å²) in [6.07, 6.45) is 11.7. The number of allylic oxidation sites excluding steroid dienone is 2. The first kappa shape index (κ1) is 8.98. The molecule has 0 aliphatic heterocycles. The van der Waals surface area contributed by atoms with Crippen LogP contribution in [-0.2, 0) is 4.79 Å². The van der Waals surface area contributed by atoms with E-state index in [1.165, 1.54) is 37.7 Å². The SMILES string of the molecule is O=C1CCCCC2CCCCC=C12. The van der Waals surface area contributed by atoms with Crippen molar-refractivity contribution in [1.82, 2.24) is 0 Å². The van der Waals surface area contributed by atoms with Crippen molar-refractivity contribution >= 4 is 5.78 Å². The summed E-state index contributed by atoms with van der Waals surface area (Å²) < 4.78 is 0. The van der Waals surface area contributed by atoms with Gasteiger partial charge in [0.15, 0.2) is 5.78 Å². The molecule has 0 saturated heterocycles. The summed E-state index contributed by atoms with van der Waals surface area (Å²) in [6, 6.07) is 0. The highest BCUT2D eigenvalue weighted by atomic mass is 16.1. The number of Topliss-reactive ketones (excluding diaryl/α,β-unsaturated/α-hetero) is 1. The van der Waals surface area contributed by atoms with Crippen LogP contribution in [0.15, 0.2) is 11.6 Å². The predicted molar refractivity (Wildman–Crippen MR) is 53.5 cm³/mol. The van der Waals surface area contributed by atoms with Crippen molar-refractivity contribution in [2.24, 2.45) is 5.92 Å². The Kier molecular flexibility index (Phi) is 2.82. The van der Waals surface area contributed by atoms with E-state index in [0.717, 1.165) is 19.3 Å². The lowest BCUT2D eigenvalue weighted by molar-refractivity contribution is -0.115. The minimum absolute atomic E-state index is 0.449. The van der Waals surface area contributed by atoms with Crippen LogP contribution in [0.5, 0.6) is 0 Å². The monoisotopic (exact) mass is 178 g/mol. The lowest BCUT2D eigenvalue weighted by Gasteiger charge is -2.13. The van der Waals surface area contributed by atoms with E-state index in [1.54, 1.807) is 0 Å². The van der Waals surface area contributed by atoms with Crippen molar-refractivity contribution in [3.63, 3.8) is 0 Å². The second-order valence-electron chi connectivity index (χ2n) is 4.31. The van der Waals surface area contributed by atoms with Gasteiger partial charge in [-0.2, -0.15) is 0 Å². The zero-order valence-corrected chi connectivity index (χ0v) is 8.22. The average molecular weight is 178 g/mol. The summed E-state index contributed by atoms with van der Waals surface area (Å²) in [5.74, 6) is 1.07. The zero-order valence-electron chi connectivity index (χ0n) is 8.22. The van der Waals surface area contributed by atoms with E-state index in [1.807, 2.05) is 0 Å². The molecule has 0 bridgehead atoms. The molecule has 2 aliphatic rings. The lowest BCUT2D eigenvalue weighted by atomic mass is 9.91. The van der Waals surface area contributed by atoms with Gasteiger partial charge in [-0.1, -0.05) is 18.9 Å². The molecule has 0 spiro atoms. The summed E-state index contributed by atoms with van der Waals surface area (Å²) in [7, 11) is 0. The Morgan fingerprint density at radius 1 is 1.08 bits per heavy atom. The average Bonchev–Trinajstić information content (AvgIpc) is 2.43. The molecule has 1 fully saturated rings. The molecule has 2 aliphatic carbocycles. The van der Waals surface area contributed by atoms with Crippen LogP contribution in [0.4, 0.5) is 0 Å². The number of rotatable bonds is 0. The largest absolute Gasteiger partial charge is 0.295 e. The van der Waals surface area contributed by atoms with Gasteiger partial charge in [0.05, 0.1) is 0 Å². The van der Waals surface area contributed by atoms with E-state index in [0.29, 0.717) is 11.7 Å². The van der Waals surface area contributed by atoms with E-state index in [9.17, 15) is 4.79 Å². The van der Waals surface area contributed by atoms with Crippen LogP contribution in [-0.4, -0.2) is 5.78 Å². The molecule has 0 aromatic rings. The van der Waals surface area contributed by atoms with Crippen LogP contribution < -0.4 is 0 Å². The molecule has 0 N–H and O–H groups in total. The van der Waals surface area contributed by atoms with Crippen LogP contribution in [0.25, 0.3) is 0 Å². The normalized spacial score (nSPS) is 30.0. The van der Waals surface area contributed by atoms with Gasteiger partial charge in [-0.15, -0.1) is 0 Å². The number of ketones is 1. The van der Waals surface area contributed by atoms with E-state index in [-0.39, 0.29) is 0 Å². The summed E-state index contributed by atoms with van der Waals surface area (Å²) in [5.41, 5.74) is 1.19. The molecular weight excluding hydrogens is 160 g/mol. The second-order valence-corrected chi connectivity index (χ2v) is 4.31. The fraction of sp³-hybridized carbons (Fsp3) is 0.750. The first-order valence-electron chi connectivity index (χ1n) is 5.61. The number of hydrogen-bond acceptors (Lipinski definition) is 1. The molecule has 0 heterocycles. The van der Waals surface area contributed by atoms with Crippen molar-refractivity contribution < 1.29 is 4.79 Å². The van der Waals surface area contributed by atoms with Crippen LogP contribution in [0.2, 0.25) is 0 Å². The molecule has 1 unspecified atom stereocenters. The molecule has 0 aromatic heterocycles. The minimum atomic E-state index is 0.449. The van der Waals surface area contributed by atoms with Crippen molar-refractivity contribution in [1.29, 1.82) is 0 Å². The highest BCUT2D eigenvalue weighted by Crippen LogP contribution is 2.32. The van der Waals surface area contributed by atoms with E-state index >= 15 is 0 Å². The molecule has 1 atom stereocenters. The van der Waals surface area contributed by atoms with Crippen LogP contribution in [0.1, 0.15) is 51.4 Å². The van der Waals surface area contributed by atoms with E-state index < -0.39 is 0 Å². The summed E-state index contributed by atoms with van der Waals surface area (Å²) in [6.45, 7) is 0. The number of fused-ring (bicyclic) bond motifs is 1. The molecule has 13 heavy (non-hydrogen) atoms. The molecule has 1 saturated carbocycles. The topological polar surface area (TPSA) is 17.1 Å². The molecule has 0 amide bonds. The van der Waals surface area contributed by atoms with Crippen molar-refractivity contribution in [3.8, 4) is 0 Å². The third kappa shape index (κ3) is 2.01. The number of hydrogen-bond donors (Lipinski definition) is 0. The minimum Gasteiger partial charge on any atom is -0.295 e.